The smallest absolute Gasteiger partial charge is 0.252 e. The highest BCUT2D eigenvalue weighted by molar-refractivity contribution is 6.06. The molecule has 0 unspecified atom stereocenters. The van der Waals surface area contributed by atoms with E-state index >= 15 is 0 Å². The summed E-state index contributed by atoms with van der Waals surface area (Å²) in [6.45, 7) is 5.59. The fraction of sp³-hybridized carbons (Fsp3) is 0.900. The second kappa shape index (κ2) is 7.21. The van der Waals surface area contributed by atoms with Crippen LogP contribution in [0.25, 0.3) is 0 Å². The third kappa shape index (κ3) is 3.00. The predicted molar refractivity (Wildman–Crippen MR) is 98.5 cm³/mol. The molecule has 1 spiro atoms. The molecule has 4 rings (SSSR count). The normalized spacial score (nSPS) is 32.9. The van der Waals surface area contributed by atoms with Crippen molar-refractivity contribution in [1.29, 1.82) is 0 Å². The average molecular weight is 364 g/mol. The van der Waals surface area contributed by atoms with Crippen LogP contribution in [0.5, 0.6) is 0 Å². The van der Waals surface area contributed by atoms with Crippen LogP contribution in [0.15, 0.2) is 0 Å². The first-order valence-electron chi connectivity index (χ1n) is 10.6. The number of likely N-dealkylation sites (tertiary alicyclic amines) is 1. The number of amides is 2. The zero-order chi connectivity index (χ0) is 18.3. The van der Waals surface area contributed by atoms with Gasteiger partial charge in [-0.15, -0.1) is 0 Å². The first-order valence-corrected chi connectivity index (χ1v) is 10.6. The van der Waals surface area contributed by atoms with Gasteiger partial charge in [0.1, 0.15) is 5.54 Å². The average Bonchev–Trinajstić information content (AvgIpc) is 3.00. The van der Waals surface area contributed by atoms with Crippen molar-refractivity contribution < 1.29 is 14.7 Å². The Hall–Kier alpha value is -0.980. The number of rotatable bonds is 5. The van der Waals surface area contributed by atoms with Gasteiger partial charge in [0.25, 0.3) is 5.91 Å². The van der Waals surface area contributed by atoms with E-state index in [4.69, 9.17) is 0 Å². The predicted octanol–water partition coefficient (Wildman–Crippen LogP) is 1.23. The summed E-state index contributed by atoms with van der Waals surface area (Å²) in [5, 5.41) is 10.2. The monoisotopic (exact) mass is 363 g/mol. The molecular formula is C20H33N3O3. The molecule has 4 fully saturated rings. The SMILES string of the molecule is CCCCN1C(=O)[C@@H]2C[C@@H](O)CN2C2(CN(CC3CCCCC3)C2)C1=O. The maximum absolute atomic E-state index is 13.3. The van der Waals surface area contributed by atoms with Crippen molar-refractivity contribution in [2.75, 3.05) is 32.7 Å². The van der Waals surface area contributed by atoms with E-state index in [1.54, 1.807) is 0 Å². The number of carbonyl (C=O) groups is 2. The Morgan fingerprint density at radius 1 is 1.15 bits per heavy atom. The van der Waals surface area contributed by atoms with Gasteiger partial charge in [-0.3, -0.25) is 24.3 Å². The summed E-state index contributed by atoms with van der Waals surface area (Å²) < 4.78 is 0. The van der Waals surface area contributed by atoms with Crippen molar-refractivity contribution in [1.82, 2.24) is 14.7 Å². The zero-order valence-electron chi connectivity index (χ0n) is 16.0. The number of nitrogens with zero attached hydrogens (tertiary/aromatic N) is 3. The van der Waals surface area contributed by atoms with Crippen molar-refractivity contribution in [2.24, 2.45) is 5.92 Å². The molecule has 6 nitrogen and oxygen atoms in total. The van der Waals surface area contributed by atoms with Gasteiger partial charge >= 0.3 is 0 Å². The maximum atomic E-state index is 13.3. The molecule has 1 N–H and O–H groups in total. The number of fused-ring (bicyclic) bond motifs is 2. The topological polar surface area (TPSA) is 64.1 Å². The highest BCUT2D eigenvalue weighted by Gasteiger charge is 2.64. The largest absolute Gasteiger partial charge is 0.392 e. The van der Waals surface area contributed by atoms with Gasteiger partial charge < -0.3 is 5.11 Å². The second-order valence-corrected chi connectivity index (χ2v) is 8.91. The highest BCUT2D eigenvalue weighted by Crippen LogP contribution is 2.41. The Morgan fingerprint density at radius 3 is 2.58 bits per heavy atom. The molecule has 1 saturated carbocycles. The van der Waals surface area contributed by atoms with E-state index in [1.807, 2.05) is 4.90 Å². The third-order valence-electron chi connectivity index (χ3n) is 6.97. The van der Waals surface area contributed by atoms with Crippen LogP contribution < -0.4 is 0 Å². The fourth-order valence-corrected chi connectivity index (χ4v) is 5.58. The summed E-state index contributed by atoms with van der Waals surface area (Å²) >= 11 is 0. The maximum Gasteiger partial charge on any atom is 0.252 e. The first-order chi connectivity index (χ1) is 12.5. The molecule has 146 valence electrons. The molecule has 3 aliphatic heterocycles. The molecule has 1 aliphatic carbocycles. The fourth-order valence-electron chi connectivity index (χ4n) is 5.58. The molecule has 0 aromatic carbocycles. The Bertz CT molecular complexity index is 555. The lowest BCUT2D eigenvalue weighted by molar-refractivity contribution is -0.180. The molecule has 26 heavy (non-hydrogen) atoms. The van der Waals surface area contributed by atoms with Gasteiger partial charge in [-0.25, -0.2) is 0 Å². The summed E-state index contributed by atoms with van der Waals surface area (Å²) in [5.41, 5.74) is -0.571. The van der Waals surface area contributed by atoms with Crippen LogP contribution in [0.4, 0.5) is 0 Å². The van der Waals surface area contributed by atoms with Gasteiger partial charge in [0.15, 0.2) is 0 Å². The Morgan fingerprint density at radius 2 is 1.88 bits per heavy atom. The quantitative estimate of drug-likeness (QED) is 0.744. The lowest BCUT2D eigenvalue weighted by Crippen LogP contribution is -2.81. The van der Waals surface area contributed by atoms with Crippen LogP contribution in [-0.2, 0) is 9.59 Å². The van der Waals surface area contributed by atoms with Crippen LogP contribution in [0.3, 0.4) is 0 Å². The van der Waals surface area contributed by atoms with E-state index in [9.17, 15) is 14.7 Å². The second-order valence-electron chi connectivity index (χ2n) is 8.91. The van der Waals surface area contributed by atoms with Gasteiger partial charge in [0.05, 0.1) is 12.1 Å². The van der Waals surface area contributed by atoms with E-state index in [0.717, 1.165) is 38.4 Å². The van der Waals surface area contributed by atoms with Crippen LogP contribution in [0.1, 0.15) is 58.3 Å². The number of hydrogen-bond donors (Lipinski definition) is 1. The number of aliphatic hydroxyl groups excluding tert-OH is 1. The molecule has 0 radical (unpaired) electrons. The van der Waals surface area contributed by atoms with Crippen LogP contribution in [0.2, 0.25) is 0 Å². The lowest BCUT2D eigenvalue weighted by Gasteiger charge is -2.59. The molecule has 3 heterocycles. The van der Waals surface area contributed by atoms with Crippen molar-refractivity contribution >= 4 is 11.8 Å². The number of aliphatic hydroxyl groups is 1. The Kier molecular flexibility index (Phi) is 5.10. The van der Waals surface area contributed by atoms with Crippen molar-refractivity contribution in [3.63, 3.8) is 0 Å². The van der Waals surface area contributed by atoms with Gasteiger partial charge in [0.2, 0.25) is 5.91 Å². The van der Waals surface area contributed by atoms with Crippen molar-refractivity contribution in [2.45, 2.75) is 76.0 Å². The minimum absolute atomic E-state index is 0.0128. The lowest BCUT2D eigenvalue weighted by atomic mass is 9.80. The molecule has 0 bridgehead atoms. The molecule has 0 aromatic heterocycles. The Balaban J connectivity index is 1.48. The van der Waals surface area contributed by atoms with E-state index in [1.165, 1.54) is 37.0 Å². The van der Waals surface area contributed by atoms with E-state index < -0.39 is 11.6 Å². The van der Waals surface area contributed by atoms with E-state index in [2.05, 4.69) is 11.8 Å². The minimum atomic E-state index is -0.571. The summed E-state index contributed by atoms with van der Waals surface area (Å²) in [6, 6.07) is -0.309. The zero-order valence-corrected chi connectivity index (χ0v) is 16.0. The number of hydrogen-bond acceptors (Lipinski definition) is 5. The molecular weight excluding hydrogens is 330 g/mol. The summed E-state index contributed by atoms with van der Waals surface area (Å²) in [5.74, 6) is 0.662. The minimum Gasteiger partial charge on any atom is -0.392 e. The van der Waals surface area contributed by atoms with Gasteiger partial charge in [0, 0.05) is 32.7 Å². The number of β-amino-alcohol motifs (C(OH)–C–C–N with tert-alkyl or cyclic N) is 1. The molecule has 6 heteroatoms. The number of unbranched alkanes of at least 4 members (excludes halogenated alkanes) is 1. The summed E-state index contributed by atoms with van der Waals surface area (Å²) in [7, 11) is 0. The van der Waals surface area contributed by atoms with Crippen molar-refractivity contribution in [3.05, 3.63) is 0 Å². The number of imide groups is 1. The van der Waals surface area contributed by atoms with Gasteiger partial charge in [-0.05, 0) is 31.6 Å². The summed E-state index contributed by atoms with van der Waals surface area (Å²) in [6.07, 6.45) is 8.45. The molecule has 0 aromatic rings. The highest BCUT2D eigenvalue weighted by atomic mass is 16.3. The van der Waals surface area contributed by atoms with E-state index in [0.29, 0.717) is 19.5 Å². The van der Waals surface area contributed by atoms with Gasteiger partial charge in [-0.1, -0.05) is 32.6 Å². The molecule has 2 amide bonds. The molecule has 2 atom stereocenters. The standard InChI is InChI=1S/C20H33N3O3/c1-2-3-9-22-18(25)17-10-16(24)12-23(17)20(19(22)26)13-21(14-20)11-15-7-5-4-6-8-15/h15-17,24H,2-14H2,1H3/t16-,17+/m1/s1. The van der Waals surface area contributed by atoms with Crippen LogP contribution in [0, 0.1) is 5.92 Å². The molecule has 3 saturated heterocycles. The third-order valence-corrected chi connectivity index (χ3v) is 6.97. The van der Waals surface area contributed by atoms with Crippen LogP contribution >= 0.6 is 0 Å². The number of piperazine rings is 1. The Labute approximate surface area is 156 Å². The first kappa shape index (κ1) is 18.4. The summed E-state index contributed by atoms with van der Waals surface area (Å²) in [4.78, 5) is 32.1. The number of carbonyl (C=O) groups excluding carboxylic acids is 2. The molecule has 4 aliphatic rings. The van der Waals surface area contributed by atoms with Gasteiger partial charge in [-0.2, -0.15) is 0 Å². The van der Waals surface area contributed by atoms with Crippen LogP contribution in [-0.4, -0.2) is 82.0 Å². The van der Waals surface area contributed by atoms with E-state index in [-0.39, 0.29) is 17.9 Å². The van der Waals surface area contributed by atoms with Crippen molar-refractivity contribution in [3.8, 4) is 0 Å².